The fourth-order valence-electron chi connectivity index (χ4n) is 3.54. The Hall–Kier alpha value is -2.54. The van der Waals surface area contributed by atoms with Gasteiger partial charge in [-0.3, -0.25) is 0 Å². The molecule has 27 heavy (non-hydrogen) atoms. The van der Waals surface area contributed by atoms with Crippen LogP contribution in [0.15, 0.2) is 60.7 Å². The fourth-order valence-corrected chi connectivity index (χ4v) is 3.54. The molecular weight excluding hydrogens is 326 g/mol. The molecule has 3 rings (SSSR count). The molecule has 0 atom stereocenters. The van der Waals surface area contributed by atoms with E-state index in [9.17, 15) is 0 Å². The molecule has 0 aliphatic carbocycles. The molecule has 139 valence electrons. The molecule has 1 nitrogen and oxygen atoms in total. The zero-order chi connectivity index (χ0) is 19.2. The Morgan fingerprint density at radius 2 is 0.926 bits per heavy atom. The van der Waals surface area contributed by atoms with E-state index in [4.69, 9.17) is 0 Å². The number of anilines is 3. The van der Waals surface area contributed by atoms with Gasteiger partial charge in [0, 0.05) is 17.1 Å². The van der Waals surface area contributed by atoms with Gasteiger partial charge in [-0.1, -0.05) is 52.0 Å². The maximum Gasteiger partial charge on any atom is 0.0467 e. The first-order chi connectivity index (χ1) is 13.2. The van der Waals surface area contributed by atoms with Gasteiger partial charge in [0.2, 0.25) is 0 Å². The van der Waals surface area contributed by atoms with Gasteiger partial charge in [-0.25, -0.2) is 0 Å². The SMILES string of the molecule is CCc1cc(CC)cc(N(c2cc[c]cc2)c2cc(CC)cc(CC)c2)c1. The third-order valence-electron chi connectivity index (χ3n) is 5.18. The number of hydrogen-bond acceptors (Lipinski definition) is 1. The summed E-state index contributed by atoms with van der Waals surface area (Å²) in [6.07, 6.45) is 4.19. The van der Waals surface area contributed by atoms with Gasteiger partial charge in [0.05, 0.1) is 0 Å². The summed E-state index contributed by atoms with van der Waals surface area (Å²) in [5, 5.41) is 0. The van der Waals surface area contributed by atoms with Crippen LogP contribution in [0.5, 0.6) is 0 Å². The molecule has 0 heterocycles. The van der Waals surface area contributed by atoms with Gasteiger partial charge in [0.1, 0.15) is 0 Å². The quantitative estimate of drug-likeness (QED) is 0.432. The van der Waals surface area contributed by atoms with Crippen molar-refractivity contribution in [3.8, 4) is 0 Å². The van der Waals surface area contributed by atoms with E-state index in [2.05, 4.69) is 87.2 Å². The highest BCUT2D eigenvalue weighted by Gasteiger charge is 2.15. The lowest BCUT2D eigenvalue weighted by molar-refractivity contribution is 1.07. The summed E-state index contributed by atoms with van der Waals surface area (Å²) in [6.45, 7) is 8.92. The molecule has 0 saturated carbocycles. The summed E-state index contributed by atoms with van der Waals surface area (Å²) in [4.78, 5) is 2.39. The van der Waals surface area contributed by atoms with E-state index < -0.39 is 0 Å². The molecule has 0 bridgehead atoms. The van der Waals surface area contributed by atoms with Crippen LogP contribution in [-0.2, 0) is 25.7 Å². The number of hydrogen-bond donors (Lipinski definition) is 0. The maximum atomic E-state index is 3.15. The maximum absolute atomic E-state index is 3.15. The van der Waals surface area contributed by atoms with E-state index in [1.165, 1.54) is 39.3 Å². The molecule has 0 aromatic heterocycles. The topological polar surface area (TPSA) is 3.24 Å². The summed E-state index contributed by atoms with van der Waals surface area (Å²) < 4.78 is 0. The van der Waals surface area contributed by atoms with Crippen molar-refractivity contribution in [3.05, 3.63) is 89.0 Å². The van der Waals surface area contributed by atoms with Crippen LogP contribution in [0.4, 0.5) is 17.1 Å². The second-order valence-corrected chi connectivity index (χ2v) is 7.02. The number of rotatable bonds is 7. The Balaban J connectivity index is 2.22. The Kier molecular flexibility index (Phi) is 6.34. The summed E-state index contributed by atoms with van der Waals surface area (Å²) in [6, 6.07) is 25.4. The lowest BCUT2D eigenvalue weighted by atomic mass is 10.0. The van der Waals surface area contributed by atoms with E-state index >= 15 is 0 Å². The van der Waals surface area contributed by atoms with Gasteiger partial charge in [-0.15, -0.1) is 0 Å². The second-order valence-electron chi connectivity index (χ2n) is 7.02. The minimum absolute atomic E-state index is 1.05. The number of benzene rings is 3. The Bertz CT molecular complexity index is 780. The largest absolute Gasteiger partial charge is 0.310 e. The fraction of sp³-hybridized carbons (Fsp3) is 0.308. The number of nitrogens with zero attached hydrogens (tertiary/aromatic N) is 1. The molecule has 3 aromatic carbocycles. The third kappa shape index (κ3) is 4.42. The minimum atomic E-state index is 1.05. The zero-order valence-electron chi connectivity index (χ0n) is 17.0. The van der Waals surface area contributed by atoms with E-state index in [1.54, 1.807) is 0 Å². The van der Waals surface area contributed by atoms with Gasteiger partial charge in [0.15, 0.2) is 0 Å². The molecule has 1 heteroatoms. The minimum Gasteiger partial charge on any atom is -0.310 e. The molecule has 0 amide bonds. The van der Waals surface area contributed by atoms with Crippen LogP contribution < -0.4 is 4.90 Å². The van der Waals surface area contributed by atoms with Gasteiger partial charge >= 0.3 is 0 Å². The lowest BCUT2D eigenvalue weighted by Gasteiger charge is -2.27. The predicted molar refractivity (Wildman–Crippen MR) is 117 cm³/mol. The van der Waals surface area contributed by atoms with Crippen molar-refractivity contribution in [2.24, 2.45) is 0 Å². The summed E-state index contributed by atoms with van der Waals surface area (Å²) in [5.74, 6) is 0. The van der Waals surface area contributed by atoms with Crippen LogP contribution >= 0.6 is 0 Å². The predicted octanol–water partition coefficient (Wildman–Crippen LogP) is 7.21. The summed E-state index contributed by atoms with van der Waals surface area (Å²) in [5.41, 5.74) is 9.22. The van der Waals surface area contributed by atoms with Crippen LogP contribution in [0.1, 0.15) is 49.9 Å². The van der Waals surface area contributed by atoms with Crippen LogP contribution in [0.25, 0.3) is 0 Å². The monoisotopic (exact) mass is 356 g/mol. The molecule has 0 spiro atoms. The molecule has 1 radical (unpaired) electrons. The normalized spacial score (nSPS) is 10.8. The van der Waals surface area contributed by atoms with E-state index in [-0.39, 0.29) is 0 Å². The Labute approximate surface area is 164 Å². The van der Waals surface area contributed by atoms with Crippen molar-refractivity contribution in [1.29, 1.82) is 0 Å². The molecule has 0 saturated heterocycles. The van der Waals surface area contributed by atoms with Gasteiger partial charge in [0.25, 0.3) is 0 Å². The number of aryl methyl sites for hydroxylation is 4. The second kappa shape index (κ2) is 8.90. The Morgan fingerprint density at radius 3 is 1.26 bits per heavy atom. The van der Waals surface area contributed by atoms with Crippen molar-refractivity contribution in [2.45, 2.75) is 53.4 Å². The van der Waals surface area contributed by atoms with Crippen LogP contribution in [-0.4, -0.2) is 0 Å². The summed E-state index contributed by atoms with van der Waals surface area (Å²) >= 11 is 0. The molecule has 3 aromatic rings. The lowest BCUT2D eigenvalue weighted by Crippen LogP contribution is -2.11. The first kappa shape index (κ1) is 19.2. The highest BCUT2D eigenvalue weighted by atomic mass is 15.1. The molecule has 0 unspecified atom stereocenters. The van der Waals surface area contributed by atoms with Gasteiger partial charge < -0.3 is 4.90 Å². The van der Waals surface area contributed by atoms with Crippen molar-refractivity contribution >= 4 is 17.1 Å². The first-order valence-corrected chi connectivity index (χ1v) is 10.2. The molecule has 0 N–H and O–H groups in total. The first-order valence-electron chi connectivity index (χ1n) is 10.2. The smallest absolute Gasteiger partial charge is 0.0467 e. The highest BCUT2D eigenvalue weighted by molar-refractivity contribution is 5.77. The van der Waals surface area contributed by atoms with Gasteiger partial charge in [-0.2, -0.15) is 0 Å². The van der Waals surface area contributed by atoms with Crippen molar-refractivity contribution < 1.29 is 0 Å². The van der Waals surface area contributed by atoms with Crippen molar-refractivity contribution in [1.82, 2.24) is 0 Å². The molecular formula is C26H30N. The van der Waals surface area contributed by atoms with Crippen molar-refractivity contribution in [2.75, 3.05) is 4.90 Å². The molecule has 0 aliphatic heterocycles. The van der Waals surface area contributed by atoms with Crippen LogP contribution in [0.2, 0.25) is 0 Å². The van der Waals surface area contributed by atoms with Gasteiger partial charge in [-0.05, 0) is 90.4 Å². The average Bonchev–Trinajstić information content (AvgIpc) is 2.74. The molecule has 0 aliphatic rings. The van der Waals surface area contributed by atoms with E-state index in [0.29, 0.717) is 0 Å². The van der Waals surface area contributed by atoms with E-state index in [0.717, 1.165) is 25.7 Å². The van der Waals surface area contributed by atoms with Crippen LogP contribution in [0, 0.1) is 6.07 Å². The Morgan fingerprint density at radius 1 is 0.556 bits per heavy atom. The highest BCUT2D eigenvalue weighted by Crippen LogP contribution is 2.36. The zero-order valence-corrected chi connectivity index (χ0v) is 17.0. The average molecular weight is 357 g/mol. The van der Waals surface area contributed by atoms with Crippen molar-refractivity contribution in [3.63, 3.8) is 0 Å². The standard InChI is InChI=1S/C26H30N/c1-5-20-14-21(6-2)17-25(16-20)27(24-12-10-9-11-13-24)26-18-22(7-3)15-23(8-4)19-26/h10-19H,5-8H2,1-4H3. The summed E-state index contributed by atoms with van der Waals surface area (Å²) in [7, 11) is 0. The van der Waals surface area contributed by atoms with E-state index in [1.807, 2.05) is 12.1 Å². The van der Waals surface area contributed by atoms with Crippen LogP contribution in [0.3, 0.4) is 0 Å². The third-order valence-corrected chi connectivity index (χ3v) is 5.18. The molecule has 0 fully saturated rings.